The summed E-state index contributed by atoms with van der Waals surface area (Å²) in [5, 5.41) is 16.7. The lowest BCUT2D eigenvalue weighted by atomic mass is 10.3. The van der Waals surface area contributed by atoms with Crippen molar-refractivity contribution in [1.29, 1.82) is 0 Å². The normalized spacial score (nSPS) is 12.8. The fraction of sp³-hybridized carbons (Fsp3) is 0.545. The van der Waals surface area contributed by atoms with E-state index in [9.17, 15) is 18.5 Å². The lowest BCUT2D eigenvalue weighted by Crippen LogP contribution is -2.26. The Bertz CT molecular complexity index is 588. The van der Waals surface area contributed by atoms with Crippen LogP contribution in [0.5, 0.6) is 0 Å². The Labute approximate surface area is 117 Å². The molecule has 0 saturated heterocycles. The first kappa shape index (κ1) is 16.2. The van der Waals surface area contributed by atoms with Gasteiger partial charge in [0.1, 0.15) is 15.7 Å². The van der Waals surface area contributed by atoms with Crippen molar-refractivity contribution < 1.29 is 13.3 Å². The van der Waals surface area contributed by atoms with Crippen LogP contribution in [0.2, 0.25) is 0 Å². The van der Waals surface area contributed by atoms with Crippen molar-refractivity contribution in [1.82, 2.24) is 4.98 Å². The molecule has 0 aliphatic heterocycles. The minimum absolute atomic E-state index is 0.0598. The van der Waals surface area contributed by atoms with Crippen molar-refractivity contribution >= 4 is 27.2 Å². The fourth-order valence-corrected chi connectivity index (χ4v) is 2.71. The van der Waals surface area contributed by atoms with Gasteiger partial charge in [0.15, 0.2) is 0 Å². The molecule has 0 aliphatic carbocycles. The van der Waals surface area contributed by atoms with Crippen LogP contribution in [0.25, 0.3) is 0 Å². The first-order valence-corrected chi connectivity index (χ1v) is 8.12. The molecule has 0 spiro atoms. The molecule has 1 rings (SSSR count). The van der Waals surface area contributed by atoms with E-state index in [1.54, 1.807) is 6.92 Å². The zero-order valence-corrected chi connectivity index (χ0v) is 12.4. The summed E-state index contributed by atoms with van der Waals surface area (Å²) in [5.41, 5.74) is -0.188. The molecule has 1 atom stereocenters. The Morgan fingerprint density at radius 3 is 2.60 bits per heavy atom. The van der Waals surface area contributed by atoms with Crippen LogP contribution in [-0.2, 0) is 9.84 Å². The third-order valence-electron chi connectivity index (χ3n) is 2.36. The minimum Gasteiger partial charge on any atom is -0.370 e. The molecule has 9 heteroatoms. The van der Waals surface area contributed by atoms with Crippen LogP contribution in [0.4, 0.5) is 17.3 Å². The van der Waals surface area contributed by atoms with Crippen molar-refractivity contribution in [2.75, 3.05) is 29.2 Å². The van der Waals surface area contributed by atoms with Gasteiger partial charge < -0.3 is 10.6 Å². The first-order valence-electron chi connectivity index (χ1n) is 6.06. The Hall–Kier alpha value is -1.90. The summed E-state index contributed by atoms with van der Waals surface area (Å²) in [6.07, 6.45) is 1.11. The zero-order valence-electron chi connectivity index (χ0n) is 11.6. The van der Waals surface area contributed by atoms with Crippen molar-refractivity contribution in [2.24, 2.45) is 0 Å². The third kappa shape index (κ3) is 5.00. The maximum Gasteiger partial charge on any atom is 0.311 e. The number of nitrogens with one attached hydrogen (secondary N) is 2. The average molecular weight is 302 g/mol. The van der Waals surface area contributed by atoms with E-state index in [0.717, 1.165) is 6.26 Å². The van der Waals surface area contributed by atoms with Gasteiger partial charge in [-0.3, -0.25) is 10.1 Å². The fourth-order valence-electron chi connectivity index (χ4n) is 1.71. The molecular formula is C11H18N4O4S. The lowest BCUT2D eigenvalue weighted by molar-refractivity contribution is -0.384. The van der Waals surface area contributed by atoms with Crippen LogP contribution in [0.15, 0.2) is 12.1 Å². The number of pyridine rings is 1. The van der Waals surface area contributed by atoms with Gasteiger partial charge in [-0.05, 0) is 19.9 Å². The molecule has 0 aromatic carbocycles. The smallest absolute Gasteiger partial charge is 0.311 e. The third-order valence-corrected chi connectivity index (χ3v) is 3.47. The standard InChI is InChI=1S/C11H18N4O4S/c1-4-12-10-6-5-9(15(16)17)11(14-10)13-8(2)7-20(3,18)19/h5-6,8H,4,7H2,1-3H3,(H2,12,13,14). The molecule has 0 fully saturated rings. The number of hydrogen-bond donors (Lipinski definition) is 2. The summed E-state index contributed by atoms with van der Waals surface area (Å²) >= 11 is 0. The number of sulfone groups is 1. The van der Waals surface area contributed by atoms with Gasteiger partial charge in [-0.15, -0.1) is 0 Å². The van der Waals surface area contributed by atoms with Crippen molar-refractivity contribution in [3.63, 3.8) is 0 Å². The molecule has 1 unspecified atom stereocenters. The minimum atomic E-state index is -3.17. The number of nitro groups is 1. The van der Waals surface area contributed by atoms with Crippen molar-refractivity contribution in [3.05, 3.63) is 22.2 Å². The number of aromatic nitrogens is 1. The molecule has 0 radical (unpaired) electrons. The summed E-state index contributed by atoms with van der Waals surface area (Å²) in [6.45, 7) is 4.14. The molecule has 112 valence electrons. The van der Waals surface area contributed by atoms with Gasteiger partial charge in [0.2, 0.25) is 5.82 Å². The highest BCUT2D eigenvalue weighted by Gasteiger charge is 2.19. The van der Waals surface area contributed by atoms with E-state index in [1.807, 2.05) is 6.92 Å². The topological polar surface area (TPSA) is 114 Å². The molecule has 1 aromatic heterocycles. The molecule has 0 saturated carbocycles. The van der Waals surface area contributed by atoms with Gasteiger partial charge in [0, 0.05) is 24.9 Å². The van der Waals surface area contributed by atoms with Crippen molar-refractivity contribution in [2.45, 2.75) is 19.9 Å². The van der Waals surface area contributed by atoms with E-state index in [-0.39, 0.29) is 17.3 Å². The molecule has 1 heterocycles. The molecule has 8 nitrogen and oxygen atoms in total. The SMILES string of the molecule is CCNc1ccc([N+](=O)[O-])c(NC(C)CS(C)(=O)=O)n1. The Morgan fingerprint density at radius 1 is 1.45 bits per heavy atom. The molecule has 0 amide bonds. The predicted octanol–water partition coefficient (Wildman–Crippen LogP) is 1.27. The van der Waals surface area contributed by atoms with Crippen LogP contribution in [0.1, 0.15) is 13.8 Å². The number of hydrogen-bond acceptors (Lipinski definition) is 7. The van der Waals surface area contributed by atoms with Crippen LogP contribution in [0, 0.1) is 10.1 Å². The maximum atomic E-state index is 11.2. The summed E-state index contributed by atoms with van der Waals surface area (Å²) in [4.78, 5) is 14.5. The lowest BCUT2D eigenvalue weighted by Gasteiger charge is -2.14. The summed E-state index contributed by atoms with van der Waals surface area (Å²) in [5.74, 6) is 0.425. The molecule has 0 aliphatic rings. The Balaban J connectivity index is 3.00. The van der Waals surface area contributed by atoms with Gasteiger partial charge in [-0.1, -0.05) is 0 Å². The first-order chi connectivity index (χ1) is 9.23. The number of anilines is 2. The molecule has 20 heavy (non-hydrogen) atoms. The number of nitrogens with zero attached hydrogens (tertiary/aromatic N) is 2. The summed E-state index contributed by atoms with van der Waals surface area (Å²) < 4.78 is 22.4. The highest BCUT2D eigenvalue weighted by Crippen LogP contribution is 2.24. The Morgan fingerprint density at radius 2 is 2.10 bits per heavy atom. The average Bonchev–Trinajstić information content (AvgIpc) is 2.26. The van der Waals surface area contributed by atoms with Gasteiger partial charge >= 0.3 is 5.69 Å². The quantitative estimate of drug-likeness (QED) is 0.575. The second kappa shape index (κ2) is 6.51. The molecule has 2 N–H and O–H groups in total. The highest BCUT2D eigenvalue weighted by molar-refractivity contribution is 7.90. The molecular weight excluding hydrogens is 284 g/mol. The van der Waals surface area contributed by atoms with E-state index in [2.05, 4.69) is 15.6 Å². The summed E-state index contributed by atoms with van der Waals surface area (Å²) in [7, 11) is -3.17. The van der Waals surface area contributed by atoms with Crippen LogP contribution >= 0.6 is 0 Å². The van der Waals surface area contributed by atoms with E-state index in [4.69, 9.17) is 0 Å². The predicted molar refractivity (Wildman–Crippen MR) is 77.9 cm³/mol. The van der Waals surface area contributed by atoms with Gasteiger partial charge in [0.05, 0.1) is 10.7 Å². The summed E-state index contributed by atoms with van der Waals surface area (Å²) in [6, 6.07) is 2.36. The molecule has 0 bridgehead atoms. The second-order valence-electron chi connectivity index (χ2n) is 4.49. The largest absolute Gasteiger partial charge is 0.370 e. The van der Waals surface area contributed by atoms with E-state index in [1.165, 1.54) is 12.1 Å². The highest BCUT2D eigenvalue weighted by atomic mass is 32.2. The zero-order chi connectivity index (χ0) is 15.3. The number of rotatable bonds is 7. The van der Waals surface area contributed by atoms with E-state index in [0.29, 0.717) is 12.4 Å². The van der Waals surface area contributed by atoms with Crippen LogP contribution in [-0.4, -0.2) is 42.9 Å². The Kier molecular flexibility index (Phi) is 5.26. The van der Waals surface area contributed by atoms with Gasteiger partial charge in [-0.2, -0.15) is 0 Å². The maximum absolute atomic E-state index is 11.2. The second-order valence-corrected chi connectivity index (χ2v) is 6.67. The van der Waals surface area contributed by atoms with Crippen LogP contribution < -0.4 is 10.6 Å². The van der Waals surface area contributed by atoms with E-state index >= 15 is 0 Å². The monoisotopic (exact) mass is 302 g/mol. The molecule has 1 aromatic rings. The van der Waals surface area contributed by atoms with Crippen LogP contribution in [0.3, 0.4) is 0 Å². The van der Waals surface area contributed by atoms with E-state index < -0.39 is 20.8 Å². The van der Waals surface area contributed by atoms with Gasteiger partial charge in [0.25, 0.3) is 0 Å². The van der Waals surface area contributed by atoms with Gasteiger partial charge in [-0.25, -0.2) is 13.4 Å². The van der Waals surface area contributed by atoms with Crippen molar-refractivity contribution in [3.8, 4) is 0 Å².